The number of ether oxygens (including phenoxy) is 1. The van der Waals surface area contributed by atoms with Gasteiger partial charge in [0.1, 0.15) is 23.7 Å². The smallest absolute Gasteiger partial charge is 0.282 e. The summed E-state index contributed by atoms with van der Waals surface area (Å²) in [7, 11) is 1.82. The Morgan fingerprint density at radius 1 is 1.13 bits per heavy atom. The maximum atomic E-state index is 14.1. The van der Waals surface area contributed by atoms with Gasteiger partial charge in [0.05, 0.1) is 23.9 Å². The maximum absolute atomic E-state index is 14.1. The van der Waals surface area contributed by atoms with Gasteiger partial charge < -0.3 is 20.5 Å². The zero-order chi connectivity index (χ0) is 31.7. The monoisotopic (exact) mass is 612 g/mol. The minimum absolute atomic E-state index is 0.0917. The first-order valence-electron chi connectivity index (χ1n) is 16.2. The van der Waals surface area contributed by atoms with Crippen molar-refractivity contribution in [2.75, 3.05) is 19.7 Å². The lowest BCUT2D eigenvalue weighted by Gasteiger charge is -2.39. The summed E-state index contributed by atoms with van der Waals surface area (Å²) in [5.41, 5.74) is 9.41. The van der Waals surface area contributed by atoms with Crippen molar-refractivity contribution in [1.82, 2.24) is 24.2 Å². The zero-order valence-electron chi connectivity index (χ0n) is 26.5. The summed E-state index contributed by atoms with van der Waals surface area (Å²) in [5, 5.41) is 16.4. The number of piperidine rings is 1. The molecule has 238 valence electrons. The first kappa shape index (κ1) is 31.0. The van der Waals surface area contributed by atoms with Crippen LogP contribution in [0.25, 0.3) is 22.3 Å². The van der Waals surface area contributed by atoms with Crippen LogP contribution in [0, 0.1) is 0 Å². The number of benzene rings is 2. The lowest BCUT2D eigenvalue weighted by molar-refractivity contribution is -0.136. The van der Waals surface area contributed by atoms with E-state index < -0.39 is 5.60 Å². The number of nitrogens with two attached hydrogens (primary N) is 1. The second-order valence-corrected chi connectivity index (χ2v) is 12.8. The molecule has 0 spiro atoms. The SMILES string of the molecule is CCCCCc1nc2c(-c3ccc4c(c3)C(N)CO4)n(C)nc2c(=O)n1CC1(O)CCN(C(=O)C[C@@H](C)c2ccccc2)CC1. The van der Waals surface area contributed by atoms with Crippen molar-refractivity contribution in [2.45, 2.75) is 82.9 Å². The summed E-state index contributed by atoms with van der Waals surface area (Å²) in [6, 6.07) is 15.7. The lowest BCUT2D eigenvalue weighted by atomic mass is 9.90. The van der Waals surface area contributed by atoms with Crippen molar-refractivity contribution in [3.05, 3.63) is 75.8 Å². The van der Waals surface area contributed by atoms with Crippen LogP contribution in [0.5, 0.6) is 5.75 Å². The van der Waals surface area contributed by atoms with Gasteiger partial charge in [-0.15, -0.1) is 0 Å². The van der Waals surface area contributed by atoms with E-state index in [0.717, 1.165) is 47.4 Å². The normalized spacial score (nSPS) is 18.2. The minimum atomic E-state index is -1.13. The summed E-state index contributed by atoms with van der Waals surface area (Å²) in [6.45, 7) is 5.67. The summed E-state index contributed by atoms with van der Waals surface area (Å²) in [5.74, 6) is 1.64. The number of carbonyl (C=O) groups excluding carboxylic acids is 1. The van der Waals surface area contributed by atoms with E-state index in [1.165, 1.54) is 0 Å². The zero-order valence-corrected chi connectivity index (χ0v) is 26.5. The molecule has 4 aromatic rings. The lowest BCUT2D eigenvalue weighted by Crippen LogP contribution is -2.50. The Morgan fingerprint density at radius 2 is 1.89 bits per heavy atom. The topological polar surface area (TPSA) is 128 Å². The van der Waals surface area contributed by atoms with Crippen molar-refractivity contribution in [2.24, 2.45) is 12.8 Å². The van der Waals surface area contributed by atoms with Gasteiger partial charge in [-0.05, 0) is 48.9 Å². The predicted octanol–water partition coefficient (Wildman–Crippen LogP) is 4.47. The number of amides is 1. The van der Waals surface area contributed by atoms with Crippen molar-refractivity contribution in [1.29, 1.82) is 0 Å². The Balaban J connectivity index is 1.25. The Hall–Kier alpha value is -4.02. The molecular formula is C35H44N6O4. The Bertz CT molecular complexity index is 1740. The van der Waals surface area contributed by atoms with Gasteiger partial charge in [-0.3, -0.25) is 18.8 Å². The number of carbonyl (C=O) groups is 1. The second kappa shape index (κ2) is 12.8. The maximum Gasteiger partial charge on any atom is 0.282 e. The molecule has 4 heterocycles. The molecule has 1 fully saturated rings. The molecule has 0 saturated carbocycles. The summed E-state index contributed by atoms with van der Waals surface area (Å²) in [6.07, 6.45) is 4.77. The van der Waals surface area contributed by atoms with E-state index >= 15 is 0 Å². The molecule has 2 atom stereocenters. The van der Waals surface area contributed by atoms with Crippen LogP contribution < -0.4 is 16.0 Å². The van der Waals surface area contributed by atoms with E-state index in [9.17, 15) is 14.7 Å². The van der Waals surface area contributed by atoms with Crippen LogP contribution >= 0.6 is 0 Å². The number of unbranched alkanes of at least 4 members (excludes halogenated alkanes) is 2. The number of hydrogen-bond acceptors (Lipinski definition) is 7. The molecule has 2 aromatic heterocycles. The molecule has 10 heteroatoms. The molecular weight excluding hydrogens is 568 g/mol. The average molecular weight is 613 g/mol. The third-order valence-electron chi connectivity index (χ3n) is 9.48. The van der Waals surface area contributed by atoms with Gasteiger partial charge in [0.15, 0.2) is 5.52 Å². The highest BCUT2D eigenvalue weighted by Crippen LogP contribution is 2.36. The number of nitrogens with zero attached hydrogens (tertiary/aromatic N) is 5. The van der Waals surface area contributed by atoms with Crippen LogP contribution in [-0.2, 0) is 24.8 Å². The van der Waals surface area contributed by atoms with E-state index in [0.29, 0.717) is 56.7 Å². The molecule has 0 aliphatic carbocycles. The predicted molar refractivity (Wildman–Crippen MR) is 174 cm³/mol. The van der Waals surface area contributed by atoms with Gasteiger partial charge >= 0.3 is 0 Å². The fourth-order valence-electron chi connectivity index (χ4n) is 6.71. The standard InChI is InChI=1S/C35H44N6O4/c1-4-5-7-12-29-37-31-32(38-39(3)33(31)25-13-14-28-26(20-25)27(36)21-45-28)34(43)41(29)22-35(44)15-17-40(18-16-35)30(42)19-23(2)24-10-8-6-9-11-24/h6,8-11,13-14,20,23,27,44H,4-5,7,12,15-19,21-22,36H2,1-3H3/t23-,27?/m1/s1. The fourth-order valence-corrected chi connectivity index (χ4v) is 6.71. The number of aromatic nitrogens is 4. The fraction of sp³-hybridized carbons (Fsp3) is 0.486. The number of fused-ring (bicyclic) bond motifs is 2. The van der Waals surface area contributed by atoms with E-state index in [1.807, 2.05) is 60.5 Å². The molecule has 1 amide bonds. The molecule has 45 heavy (non-hydrogen) atoms. The number of hydrogen-bond donors (Lipinski definition) is 2. The Kier molecular flexibility index (Phi) is 8.79. The molecule has 1 unspecified atom stereocenters. The molecule has 2 aliphatic heterocycles. The van der Waals surface area contributed by atoms with Gasteiger partial charge in [-0.1, -0.05) is 57.0 Å². The molecule has 2 aliphatic rings. The number of likely N-dealkylation sites (tertiary alicyclic amines) is 1. The number of aliphatic hydroxyl groups is 1. The van der Waals surface area contributed by atoms with E-state index in [2.05, 4.69) is 18.9 Å². The van der Waals surface area contributed by atoms with Crippen LogP contribution in [0.15, 0.2) is 53.3 Å². The highest BCUT2D eigenvalue weighted by molar-refractivity contribution is 5.90. The molecule has 6 rings (SSSR count). The van der Waals surface area contributed by atoms with Gasteiger partial charge in [0, 0.05) is 44.1 Å². The highest BCUT2D eigenvalue weighted by atomic mass is 16.5. The quantitative estimate of drug-likeness (QED) is 0.253. The molecule has 0 bridgehead atoms. The van der Waals surface area contributed by atoms with E-state index in [1.54, 1.807) is 9.25 Å². The van der Waals surface area contributed by atoms with Gasteiger partial charge in [0.2, 0.25) is 5.91 Å². The molecule has 0 radical (unpaired) electrons. The third-order valence-corrected chi connectivity index (χ3v) is 9.48. The molecule has 10 nitrogen and oxygen atoms in total. The molecule has 1 saturated heterocycles. The Labute approximate surface area is 263 Å². The van der Waals surface area contributed by atoms with Crippen LogP contribution in [0.4, 0.5) is 0 Å². The number of aryl methyl sites for hydroxylation is 2. The first-order valence-corrected chi connectivity index (χ1v) is 16.2. The minimum Gasteiger partial charge on any atom is -0.491 e. The van der Waals surface area contributed by atoms with Crippen LogP contribution in [0.3, 0.4) is 0 Å². The van der Waals surface area contributed by atoms with Crippen LogP contribution in [0.2, 0.25) is 0 Å². The van der Waals surface area contributed by atoms with Crippen LogP contribution in [-0.4, -0.2) is 60.5 Å². The second-order valence-electron chi connectivity index (χ2n) is 12.8. The van der Waals surface area contributed by atoms with Gasteiger partial charge in [0.25, 0.3) is 5.56 Å². The van der Waals surface area contributed by atoms with Crippen molar-refractivity contribution >= 4 is 16.9 Å². The van der Waals surface area contributed by atoms with E-state index in [-0.39, 0.29) is 35.5 Å². The average Bonchev–Trinajstić information content (AvgIpc) is 3.58. The van der Waals surface area contributed by atoms with Crippen molar-refractivity contribution < 1.29 is 14.6 Å². The third kappa shape index (κ3) is 6.26. The largest absolute Gasteiger partial charge is 0.491 e. The number of rotatable bonds is 10. The highest BCUT2D eigenvalue weighted by Gasteiger charge is 2.36. The summed E-state index contributed by atoms with van der Waals surface area (Å²) < 4.78 is 9.03. The van der Waals surface area contributed by atoms with Crippen LogP contribution in [0.1, 0.15) is 81.3 Å². The van der Waals surface area contributed by atoms with E-state index in [4.69, 9.17) is 15.5 Å². The first-order chi connectivity index (χ1) is 21.7. The molecule has 2 aromatic carbocycles. The molecule has 3 N–H and O–H groups in total. The van der Waals surface area contributed by atoms with Gasteiger partial charge in [-0.2, -0.15) is 5.10 Å². The summed E-state index contributed by atoms with van der Waals surface area (Å²) in [4.78, 5) is 34.1. The van der Waals surface area contributed by atoms with Crippen molar-refractivity contribution in [3.8, 4) is 17.0 Å². The Morgan fingerprint density at radius 3 is 2.62 bits per heavy atom. The summed E-state index contributed by atoms with van der Waals surface area (Å²) >= 11 is 0. The van der Waals surface area contributed by atoms with Crippen molar-refractivity contribution in [3.63, 3.8) is 0 Å². The van der Waals surface area contributed by atoms with Gasteiger partial charge in [-0.25, -0.2) is 4.98 Å².